The predicted molar refractivity (Wildman–Crippen MR) is 281 cm³/mol. The van der Waals surface area contributed by atoms with Crippen molar-refractivity contribution in [3.05, 3.63) is 230 Å². The maximum atomic E-state index is 6.83. The molecule has 12 aromatic carbocycles. The molecule has 0 bridgehead atoms. The number of fused-ring (bicyclic) bond motifs is 12. The fraction of sp³-hybridized carbons (Fsp3) is 0.0462. The highest BCUT2D eigenvalue weighted by Crippen LogP contribution is 2.53. The first-order chi connectivity index (χ1) is 32.5. The number of benzene rings is 12. The summed E-state index contributed by atoms with van der Waals surface area (Å²) in [6.07, 6.45) is 0. The van der Waals surface area contributed by atoms with Gasteiger partial charge in [0.25, 0.3) is 0 Å². The highest BCUT2D eigenvalue weighted by Gasteiger charge is 2.38. The molecule has 66 heavy (non-hydrogen) atoms. The summed E-state index contributed by atoms with van der Waals surface area (Å²) in [5.74, 6) is 0. The van der Waals surface area contributed by atoms with Crippen LogP contribution in [-0.2, 0) is 5.41 Å². The van der Waals surface area contributed by atoms with E-state index in [1.165, 1.54) is 126 Å². The molecule has 1 aliphatic carbocycles. The molecule has 14 rings (SSSR count). The third kappa shape index (κ3) is 5.35. The van der Waals surface area contributed by atoms with Crippen molar-refractivity contribution < 1.29 is 4.42 Å². The van der Waals surface area contributed by atoms with Gasteiger partial charge < -0.3 is 4.42 Å². The van der Waals surface area contributed by atoms with Crippen LogP contribution >= 0.6 is 0 Å². The van der Waals surface area contributed by atoms with Gasteiger partial charge in [-0.05, 0) is 151 Å². The van der Waals surface area contributed by atoms with E-state index in [4.69, 9.17) is 4.42 Å². The number of furan rings is 1. The van der Waals surface area contributed by atoms with E-state index in [0.29, 0.717) is 0 Å². The topological polar surface area (TPSA) is 13.1 Å². The number of rotatable bonds is 4. The Balaban J connectivity index is 0.916. The monoisotopic (exact) mass is 838 g/mol. The molecule has 0 radical (unpaired) electrons. The standard InChI is InChI=1S/C65H42O/c1-65(2)59-25-12-11-20-50(59)56-32-33-57-58-37-46-36-44(29-28-43(46)38-60(58)66-64(57)63(56)65)47-30-31-55(49-19-6-5-18-48(47)49)62-53-23-9-7-21-51(53)61(52-22-8-10-24-54(52)62)45-17-13-16-41(35-45)42-27-26-39-14-3-4-15-40(39)34-42/h3-38H,1-2H3. The predicted octanol–water partition coefficient (Wildman–Crippen LogP) is 18.3. The van der Waals surface area contributed by atoms with E-state index in [9.17, 15) is 0 Å². The van der Waals surface area contributed by atoms with Crippen molar-refractivity contribution in [1.82, 2.24) is 0 Å². The largest absolute Gasteiger partial charge is 0.456 e. The zero-order valence-electron chi connectivity index (χ0n) is 36.7. The van der Waals surface area contributed by atoms with Crippen molar-refractivity contribution in [1.29, 1.82) is 0 Å². The third-order valence-electron chi connectivity index (χ3n) is 14.8. The molecule has 0 spiro atoms. The Bertz CT molecular complexity index is 4140. The smallest absolute Gasteiger partial charge is 0.140 e. The third-order valence-corrected chi connectivity index (χ3v) is 14.8. The Hall–Kier alpha value is -8.26. The summed E-state index contributed by atoms with van der Waals surface area (Å²) < 4.78 is 6.83. The maximum Gasteiger partial charge on any atom is 0.140 e. The molecular weight excluding hydrogens is 797 g/mol. The van der Waals surface area contributed by atoms with Gasteiger partial charge in [0.1, 0.15) is 11.2 Å². The Morgan fingerprint density at radius 1 is 0.303 bits per heavy atom. The van der Waals surface area contributed by atoms with Crippen molar-refractivity contribution in [3.8, 4) is 55.6 Å². The molecular formula is C65H42O. The summed E-state index contributed by atoms with van der Waals surface area (Å²) in [6.45, 7) is 4.66. The maximum absolute atomic E-state index is 6.83. The lowest BCUT2D eigenvalue weighted by atomic mass is 9.82. The molecule has 1 nitrogen and oxygen atoms in total. The highest BCUT2D eigenvalue weighted by atomic mass is 16.3. The summed E-state index contributed by atoms with van der Waals surface area (Å²) in [7, 11) is 0. The van der Waals surface area contributed by atoms with Crippen LogP contribution in [0.15, 0.2) is 223 Å². The van der Waals surface area contributed by atoms with Crippen molar-refractivity contribution in [2.24, 2.45) is 0 Å². The van der Waals surface area contributed by atoms with Crippen molar-refractivity contribution in [2.45, 2.75) is 19.3 Å². The minimum absolute atomic E-state index is 0.148. The van der Waals surface area contributed by atoms with Crippen LogP contribution in [0, 0.1) is 0 Å². The quantitative estimate of drug-likeness (QED) is 0.161. The molecule has 0 atom stereocenters. The van der Waals surface area contributed by atoms with Crippen LogP contribution in [0.2, 0.25) is 0 Å². The van der Waals surface area contributed by atoms with Gasteiger partial charge in [-0.25, -0.2) is 0 Å². The first kappa shape index (κ1) is 37.1. The fourth-order valence-corrected chi connectivity index (χ4v) is 11.7. The van der Waals surface area contributed by atoms with E-state index < -0.39 is 0 Å². The van der Waals surface area contributed by atoms with Gasteiger partial charge in [0.2, 0.25) is 0 Å². The molecule has 0 fully saturated rings. The van der Waals surface area contributed by atoms with Gasteiger partial charge in [-0.3, -0.25) is 0 Å². The van der Waals surface area contributed by atoms with E-state index in [1.54, 1.807) is 0 Å². The van der Waals surface area contributed by atoms with E-state index in [2.05, 4.69) is 232 Å². The van der Waals surface area contributed by atoms with Gasteiger partial charge >= 0.3 is 0 Å². The molecule has 13 aromatic rings. The Kier molecular flexibility index (Phi) is 7.81. The molecule has 0 N–H and O–H groups in total. The molecule has 308 valence electrons. The average Bonchev–Trinajstić information content (AvgIpc) is 3.84. The summed E-state index contributed by atoms with van der Waals surface area (Å²) in [5.41, 5.74) is 16.9. The van der Waals surface area contributed by atoms with Gasteiger partial charge in [0, 0.05) is 21.8 Å². The van der Waals surface area contributed by atoms with Crippen molar-refractivity contribution in [2.75, 3.05) is 0 Å². The first-order valence-electron chi connectivity index (χ1n) is 23.1. The van der Waals surface area contributed by atoms with E-state index in [1.807, 2.05) is 0 Å². The number of hydrogen-bond donors (Lipinski definition) is 0. The van der Waals surface area contributed by atoms with Crippen LogP contribution in [0.3, 0.4) is 0 Å². The minimum Gasteiger partial charge on any atom is -0.456 e. The van der Waals surface area contributed by atoms with Gasteiger partial charge in [-0.2, -0.15) is 0 Å². The van der Waals surface area contributed by atoms with E-state index in [0.717, 1.165) is 16.6 Å². The van der Waals surface area contributed by atoms with Crippen LogP contribution in [0.5, 0.6) is 0 Å². The zero-order chi connectivity index (χ0) is 43.7. The second-order valence-electron chi connectivity index (χ2n) is 18.7. The average molecular weight is 839 g/mol. The van der Waals surface area contributed by atoms with Crippen LogP contribution in [0.4, 0.5) is 0 Å². The van der Waals surface area contributed by atoms with Crippen molar-refractivity contribution >= 4 is 75.8 Å². The van der Waals surface area contributed by atoms with Gasteiger partial charge in [-0.1, -0.05) is 196 Å². The summed E-state index contributed by atoms with van der Waals surface area (Å²) >= 11 is 0. The van der Waals surface area contributed by atoms with E-state index in [-0.39, 0.29) is 5.41 Å². The lowest BCUT2D eigenvalue weighted by Gasteiger charge is -2.21. The first-order valence-corrected chi connectivity index (χ1v) is 23.1. The van der Waals surface area contributed by atoms with Gasteiger partial charge in [-0.15, -0.1) is 0 Å². The summed E-state index contributed by atoms with van der Waals surface area (Å²) in [5, 5.41) is 14.7. The van der Waals surface area contributed by atoms with Crippen LogP contribution in [0.25, 0.3) is 131 Å². The van der Waals surface area contributed by atoms with Gasteiger partial charge in [0.15, 0.2) is 0 Å². The zero-order valence-corrected chi connectivity index (χ0v) is 36.7. The second kappa shape index (κ2) is 13.9. The Morgan fingerprint density at radius 3 is 1.65 bits per heavy atom. The SMILES string of the molecule is CC1(C)c2ccccc2-c2ccc3c(oc4cc5ccc(-c6ccc(-c7c8ccccc8c(-c8cccc(-c9ccc%10ccccc%10c9)c8)c8ccccc78)c7ccccc67)cc5cc43)c21. The minimum atomic E-state index is -0.148. The highest BCUT2D eigenvalue weighted by molar-refractivity contribution is 6.24. The van der Waals surface area contributed by atoms with Crippen LogP contribution in [-0.4, -0.2) is 0 Å². The Morgan fingerprint density at radius 2 is 0.864 bits per heavy atom. The van der Waals surface area contributed by atoms with E-state index >= 15 is 0 Å². The molecule has 0 aliphatic heterocycles. The van der Waals surface area contributed by atoms with Crippen LogP contribution in [0.1, 0.15) is 25.0 Å². The molecule has 1 heterocycles. The molecule has 0 saturated carbocycles. The molecule has 1 heteroatoms. The van der Waals surface area contributed by atoms with Crippen molar-refractivity contribution in [3.63, 3.8) is 0 Å². The molecule has 0 saturated heterocycles. The normalized spacial score (nSPS) is 13.1. The lowest BCUT2D eigenvalue weighted by Crippen LogP contribution is -2.15. The Labute approximate surface area is 382 Å². The fourth-order valence-electron chi connectivity index (χ4n) is 11.7. The second-order valence-corrected chi connectivity index (χ2v) is 18.7. The summed E-state index contributed by atoms with van der Waals surface area (Å²) in [6, 6.07) is 81.0. The molecule has 0 unspecified atom stereocenters. The van der Waals surface area contributed by atoms with Crippen LogP contribution < -0.4 is 0 Å². The molecule has 0 amide bonds. The van der Waals surface area contributed by atoms with Gasteiger partial charge in [0.05, 0.1) is 0 Å². The molecule has 1 aliphatic rings. The number of hydrogen-bond acceptors (Lipinski definition) is 1. The lowest BCUT2D eigenvalue weighted by molar-refractivity contribution is 0.620. The summed E-state index contributed by atoms with van der Waals surface area (Å²) in [4.78, 5) is 0. The molecule has 1 aromatic heterocycles.